The van der Waals surface area contributed by atoms with Gasteiger partial charge in [-0.25, -0.2) is 4.79 Å². The number of hydrogen-bond donors (Lipinski definition) is 2. The van der Waals surface area contributed by atoms with Crippen LogP contribution >= 0.6 is 15.9 Å². The van der Waals surface area contributed by atoms with Crippen LogP contribution in [0, 0.1) is 13.8 Å². The number of amides is 1. The fourth-order valence-electron chi connectivity index (χ4n) is 2.12. The first kappa shape index (κ1) is 15.3. The minimum Gasteiger partial charge on any atom is -0.478 e. The normalized spacial score (nSPS) is 10.2. The molecule has 0 saturated carbocycles. The molecule has 0 aliphatic rings. The second kappa shape index (κ2) is 6.10. The molecule has 4 nitrogen and oxygen atoms in total. The van der Waals surface area contributed by atoms with Crippen molar-refractivity contribution in [3.05, 3.63) is 63.1 Å². The van der Waals surface area contributed by atoms with E-state index in [1.165, 1.54) is 0 Å². The number of aromatic carboxylic acids is 1. The highest BCUT2D eigenvalue weighted by atomic mass is 79.9. The van der Waals surface area contributed by atoms with Crippen LogP contribution in [0.1, 0.15) is 31.8 Å². The molecular formula is C16H14BrNO3. The third kappa shape index (κ3) is 3.49. The Kier molecular flexibility index (Phi) is 4.43. The Labute approximate surface area is 130 Å². The van der Waals surface area contributed by atoms with Crippen molar-refractivity contribution in [1.82, 2.24) is 0 Å². The Morgan fingerprint density at radius 1 is 1.14 bits per heavy atom. The van der Waals surface area contributed by atoms with Crippen molar-refractivity contribution in [1.29, 1.82) is 0 Å². The fraction of sp³-hybridized carbons (Fsp3) is 0.125. The minimum absolute atomic E-state index is 0.109. The third-order valence-electron chi connectivity index (χ3n) is 3.04. The van der Waals surface area contributed by atoms with Crippen LogP contribution < -0.4 is 5.32 Å². The topological polar surface area (TPSA) is 66.4 Å². The van der Waals surface area contributed by atoms with E-state index >= 15 is 0 Å². The van der Waals surface area contributed by atoms with Crippen molar-refractivity contribution in [3.63, 3.8) is 0 Å². The summed E-state index contributed by atoms with van der Waals surface area (Å²) in [6.45, 7) is 3.58. The van der Waals surface area contributed by atoms with E-state index in [9.17, 15) is 14.7 Å². The second-order valence-corrected chi connectivity index (χ2v) is 5.69. The number of hydrogen-bond acceptors (Lipinski definition) is 2. The van der Waals surface area contributed by atoms with Crippen molar-refractivity contribution in [3.8, 4) is 0 Å². The molecule has 0 radical (unpaired) electrons. The van der Waals surface area contributed by atoms with E-state index < -0.39 is 5.97 Å². The van der Waals surface area contributed by atoms with Crippen molar-refractivity contribution >= 4 is 33.5 Å². The van der Waals surface area contributed by atoms with Gasteiger partial charge in [-0.05, 0) is 49.2 Å². The molecule has 0 saturated heterocycles. The zero-order valence-corrected chi connectivity index (χ0v) is 13.2. The van der Waals surface area contributed by atoms with E-state index in [2.05, 4.69) is 21.2 Å². The first-order chi connectivity index (χ1) is 9.88. The minimum atomic E-state index is -1.06. The lowest BCUT2D eigenvalue weighted by molar-refractivity contribution is 0.0697. The molecule has 2 aromatic rings. The van der Waals surface area contributed by atoms with Gasteiger partial charge in [-0.15, -0.1) is 0 Å². The van der Waals surface area contributed by atoms with E-state index in [-0.39, 0.29) is 11.5 Å². The van der Waals surface area contributed by atoms with Crippen LogP contribution in [0.2, 0.25) is 0 Å². The highest BCUT2D eigenvalue weighted by Crippen LogP contribution is 2.21. The molecule has 0 unspecified atom stereocenters. The van der Waals surface area contributed by atoms with E-state index in [0.717, 1.165) is 10.0 Å². The van der Waals surface area contributed by atoms with Crippen LogP contribution in [0.15, 0.2) is 40.9 Å². The van der Waals surface area contributed by atoms with Gasteiger partial charge in [0.15, 0.2) is 0 Å². The summed E-state index contributed by atoms with van der Waals surface area (Å²) >= 11 is 3.34. The molecule has 2 rings (SSSR count). The summed E-state index contributed by atoms with van der Waals surface area (Å²) in [5.41, 5.74) is 2.42. The second-order valence-electron chi connectivity index (χ2n) is 4.77. The number of halogens is 1. The average Bonchev–Trinajstić information content (AvgIpc) is 2.37. The molecule has 0 fully saturated rings. The van der Waals surface area contributed by atoms with Crippen LogP contribution in [0.5, 0.6) is 0 Å². The van der Waals surface area contributed by atoms with Gasteiger partial charge in [-0.3, -0.25) is 4.79 Å². The highest BCUT2D eigenvalue weighted by molar-refractivity contribution is 9.10. The maximum Gasteiger partial charge on any atom is 0.338 e. The number of carboxylic acids is 1. The zero-order chi connectivity index (χ0) is 15.6. The molecule has 0 atom stereocenters. The molecule has 0 spiro atoms. The summed E-state index contributed by atoms with van der Waals surface area (Å²) in [5, 5.41) is 11.9. The van der Waals surface area contributed by atoms with Gasteiger partial charge in [0, 0.05) is 10.0 Å². The number of carbonyl (C=O) groups is 2. The van der Waals surface area contributed by atoms with Gasteiger partial charge in [-0.1, -0.05) is 28.1 Å². The Balaban J connectivity index is 2.36. The fourth-order valence-corrected chi connectivity index (χ4v) is 2.73. The summed E-state index contributed by atoms with van der Waals surface area (Å²) in [7, 11) is 0. The average molecular weight is 348 g/mol. The quantitative estimate of drug-likeness (QED) is 0.881. The first-order valence-corrected chi connectivity index (χ1v) is 7.09. The van der Waals surface area contributed by atoms with Crippen LogP contribution in [0.3, 0.4) is 0 Å². The monoisotopic (exact) mass is 347 g/mol. The predicted molar refractivity (Wildman–Crippen MR) is 85.0 cm³/mol. The summed E-state index contributed by atoms with van der Waals surface area (Å²) in [6, 6.07) is 10.3. The number of benzene rings is 2. The van der Waals surface area contributed by atoms with Crippen LogP contribution in [-0.4, -0.2) is 17.0 Å². The Hall–Kier alpha value is -2.14. The smallest absolute Gasteiger partial charge is 0.338 e. The summed E-state index contributed by atoms with van der Waals surface area (Å²) in [5.74, 6) is -1.40. The number of carboxylic acid groups (broad SMARTS) is 1. The molecule has 5 heteroatoms. The molecule has 2 aromatic carbocycles. The maximum atomic E-state index is 12.3. The Morgan fingerprint density at radius 2 is 1.86 bits per heavy atom. The van der Waals surface area contributed by atoms with Crippen LogP contribution in [-0.2, 0) is 0 Å². The van der Waals surface area contributed by atoms with Gasteiger partial charge in [0.05, 0.1) is 11.3 Å². The Morgan fingerprint density at radius 3 is 2.48 bits per heavy atom. The first-order valence-electron chi connectivity index (χ1n) is 6.30. The van der Waals surface area contributed by atoms with Gasteiger partial charge < -0.3 is 10.4 Å². The van der Waals surface area contributed by atoms with E-state index in [1.807, 2.05) is 13.0 Å². The standard InChI is InChI=1S/C16H14BrNO3/c1-9-6-11(8-12(17)7-9)15(19)18-13-5-3-4-10(2)14(13)16(20)21/h3-8H,1-2H3,(H,18,19)(H,20,21). The van der Waals surface area contributed by atoms with Crippen molar-refractivity contribution in [2.75, 3.05) is 5.32 Å². The molecule has 0 heterocycles. The van der Waals surface area contributed by atoms with Gasteiger partial charge in [0.25, 0.3) is 5.91 Å². The number of anilines is 1. The molecule has 108 valence electrons. The molecule has 0 aliphatic heterocycles. The SMILES string of the molecule is Cc1cc(Br)cc(C(=O)Nc2cccc(C)c2C(=O)O)c1. The van der Waals surface area contributed by atoms with E-state index in [1.54, 1.807) is 37.3 Å². The van der Waals surface area contributed by atoms with Gasteiger partial charge >= 0.3 is 5.97 Å². The summed E-state index contributed by atoms with van der Waals surface area (Å²) in [6.07, 6.45) is 0. The van der Waals surface area contributed by atoms with Gasteiger partial charge in [0.1, 0.15) is 0 Å². The van der Waals surface area contributed by atoms with Crippen molar-refractivity contribution < 1.29 is 14.7 Å². The largest absolute Gasteiger partial charge is 0.478 e. The molecule has 0 aliphatic carbocycles. The van der Waals surface area contributed by atoms with Gasteiger partial charge in [0.2, 0.25) is 0 Å². The summed E-state index contributed by atoms with van der Waals surface area (Å²) < 4.78 is 0.801. The molecular weight excluding hydrogens is 334 g/mol. The van der Waals surface area contributed by atoms with Crippen LogP contribution in [0.4, 0.5) is 5.69 Å². The lowest BCUT2D eigenvalue weighted by Crippen LogP contribution is -2.15. The predicted octanol–water partition coefficient (Wildman–Crippen LogP) is 4.02. The molecule has 1 amide bonds. The van der Waals surface area contributed by atoms with Crippen molar-refractivity contribution in [2.45, 2.75) is 13.8 Å². The Bertz CT molecular complexity index is 705. The molecule has 0 bridgehead atoms. The van der Waals surface area contributed by atoms with Gasteiger partial charge in [-0.2, -0.15) is 0 Å². The molecule has 2 N–H and O–H groups in total. The number of carbonyl (C=O) groups excluding carboxylic acids is 1. The number of nitrogens with one attached hydrogen (secondary N) is 1. The van der Waals surface area contributed by atoms with E-state index in [0.29, 0.717) is 16.8 Å². The lowest BCUT2D eigenvalue weighted by Gasteiger charge is -2.11. The third-order valence-corrected chi connectivity index (χ3v) is 3.50. The van der Waals surface area contributed by atoms with E-state index in [4.69, 9.17) is 0 Å². The zero-order valence-electron chi connectivity index (χ0n) is 11.6. The maximum absolute atomic E-state index is 12.3. The summed E-state index contributed by atoms with van der Waals surface area (Å²) in [4.78, 5) is 23.6. The lowest BCUT2D eigenvalue weighted by atomic mass is 10.1. The van der Waals surface area contributed by atoms with Crippen molar-refractivity contribution in [2.24, 2.45) is 0 Å². The number of rotatable bonds is 3. The molecule has 0 aromatic heterocycles. The number of aryl methyl sites for hydroxylation is 2. The molecule has 21 heavy (non-hydrogen) atoms. The van der Waals surface area contributed by atoms with Crippen LogP contribution in [0.25, 0.3) is 0 Å². The highest BCUT2D eigenvalue weighted by Gasteiger charge is 2.16.